The summed E-state index contributed by atoms with van der Waals surface area (Å²) in [5.74, 6) is -3.42. The molecule has 0 spiro atoms. The minimum absolute atomic E-state index is 0.0533. The zero-order valence-corrected chi connectivity index (χ0v) is 21.8. The molecule has 4 aliphatic carbocycles. The van der Waals surface area contributed by atoms with Crippen molar-refractivity contribution < 1.29 is 38.1 Å². The lowest BCUT2D eigenvalue weighted by Crippen LogP contribution is -2.70. The van der Waals surface area contributed by atoms with E-state index in [9.17, 15) is 24.3 Å². The van der Waals surface area contributed by atoms with Gasteiger partial charge in [-0.2, -0.15) is 0 Å². The molecule has 8 heteroatoms. The van der Waals surface area contributed by atoms with Crippen molar-refractivity contribution in [2.75, 3.05) is 6.61 Å². The van der Waals surface area contributed by atoms with Crippen LogP contribution in [0.2, 0.25) is 0 Å². The van der Waals surface area contributed by atoms with Crippen molar-refractivity contribution >= 4 is 23.5 Å². The highest BCUT2D eigenvalue weighted by atomic mass is 19.1. The Morgan fingerprint density at radius 1 is 1.14 bits per heavy atom. The summed E-state index contributed by atoms with van der Waals surface area (Å²) in [5.41, 5.74) is -5.48. The number of carbonyl (C=O) groups excluding carboxylic acids is 4. The van der Waals surface area contributed by atoms with Crippen molar-refractivity contribution in [3.63, 3.8) is 0 Å². The fourth-order valence-corrected chi connectivity index (χ4v) is 7.83. The number of Topliss-reactive ketones (excluding diaryl/α,β-unsaturated/α-hetero) is 1. The molecule has 36 heavy (non-hydrogen) atoms. The maximum Gasteiger partial charge on any atom is 0.305 e. The number of fused-ring (bicyclic) bond motifs is 5. The van der Waals surface area contributed by atoms with E-state index in [1.807, 2.05) is 0 Å². The molecule has 8 atom stereocenters. The molecule has 1 N–H and O–H groups in total. The Labute approximate surface area is 211 Å². The molecule has 198 valence electrons. The molecule has 0 saturated heterocycles. The molecule has 0 bridgehead atoms. The summed E-state index contributed by atoms with van der Waals surface area (Å²) in [6, 6.07) is 0. The summed E-state index contributed by atoms with van der Waals surface area (Å²) >= 11 is 0. The molecule has 0 aromatic heterocycles. The predicted molar refractivity (Wildman–Crippen MR) is 128 cm³/mol. The number of ether oxygens (including phenoxy) is 2. The number of halogens is 1. The van der Waals surface area contributed by atoms with Gasteiger partial charge in [-0.1, -0.05) is 39.3 Å². The first-order valence-electron chi connectivity index (χ1n) is 13.0. The molecule has 3 fully saturated rings. The molecular formula is C28H37FO7. The van der Waals surface area contributed by atoms with Crippen molar-refractivity contribution in [1.82, 2.24) is 0 Å². The van der Waals surface area contributed by atoms with Crippen molar-refractivity contribution in [2.24, 2.45) is 28.6 Å². The standard InChI is InChI=1S/C28H37FO7/c1-6-23(32)35-15-21(31)28(34)16(3)12-20-19-9-8-17-13-18(30)10-11-25(17,4)27(19,29)22(14-26(20,28)5)36-24(33)7-2/h10-11,13,16,19-20,22,34H,6-9,12,14-15H2,1-5H3/t16-,19+,20+,22+,25+,26+,27+,28+/m1/s1. The SMILES string of the molecule is CCC(=O)OCC(=O)[C@@]1(O)[C@H](C)C[C@H]2[C@@H]3CCC4=CC(=O)C=C[C@]4(C)[C@@]3(F)[C@@H](OC(=O)CC)C[C@@]21C. The van der Waals surface area contributed by atoms with E-state index in [0.717, 1.165) is 0 Å². The Morgan fingerprint density at radius 2 is 1.81 bits per heavy atom. The van der Waals surface area contributed by atoms with Crippen molar-refractivity contribution in [1.29, 1.82) is 0 Å². The zero-order chi connectivity index (χ0) is 26.7. The van der Waals surface area contributed by atoms with Crippen LogP contribution in [0.1, 0.15) is 73.1 Å². The van der Waals surface area contributed by atoms with Gasteiger partial charge in [0, 0.05) is 29.6 Å². The van der Waals surface area contributed by atoms with E-state index in [2.05, 4.69) is 0 Å². The molecule has 3 saturated carbocycles. The number of rotatable bonds is 6. The molecule has 0 unspecified atom stereocenters. The lowest BCUT2D eigenvalue weighted by molar-refractivity contribution is -0.230. The molecule has 4 aliphatic rings. The number of allylic oxidation sites excluding steroid dienone is 4. The normalized spacial score (nSPS) is 43.1. The van der Waals surface area contributed by atoms with E-state index in [1.54, 1.807) is 40.7 Å². The number of hydrogen-bond donors (Lipinski definition) is 1. The number of alkyl halides is 1. The number of aliphatic hydroxyl groups is 1. The van der Waals surface area contributed by atoms with Crippen LogP contribution in [0.4, 0.5) is 4.39 Å². The van der Waals surface area contributed by atoms with Gasteiger partial charge in [0.05, 0.1) is 0 Å². The van der Waals surface area contributed by atoms with Gasteiger partial charge in [0.25, 0.3) is 0 Å². The summed E-state index contributed by atoms with van der Waals surface area (Å²) in [7, 11) is 0. The molecule has 0 aromatic rings. The van der Waals surface area contributed by atoms with Gasteiger partial charge in [0.15, 0.2) is 18.1 Å². The van der Waals surface area contributed by atoms with Crippen LogP contribution in [-0.2, 0) is 28.7 Å². The van der Waals surface area contributed by atoms with Gasteiger partial charge < -0.3 is 14.6 Å². The van der Waals surface area contributed by atoms with Gasteiger partial charge in [0.1, 0.15) is 11.7 Å². The lowest BCUT2D eigenvalue weighted by Gasteiger charge is -2.63. The van der Waals surface area contributed by atoms with E-state index in [4.69, 9.17) is 9.47 Å². The third-order valence-corrected chi connectivity index (χ3v) is 9.84. The number of esters is 2. The molecule has 0 radical (unpaired) electrons. The highest BCUT2D eigenvalue weighted by Gasteiger charge is 2.76. The Hall–Kier alpha value is -2.35. The van der Waals surface area contributed by atoms with E-state index in [-0.39, 0.29) is 31.0 Å². The van der Waals surface area contributed by atoms with Crippen LogP contribution in [0, 0.1) is 28.6 Å². The quantitative estimate of drug-likeness (QED) is 0.548. The minimum Gasteiger partial charge on any atom is -0.459 e. The summed E-state index contributed by atoms with van der Waals surface area (Å²) in [6.45, 7) is 7.99. The molecule has 7 nitrogen and oxygen atoms in total. The third-order valence-electron chi connectivity index (χ3n) is 9.84. The second-order valence-corrected chi connectivity index (χ2v) is 11.4. The van der Waals surface area contributed by atoms with Crippen LogP contribution in [0.25, 0.3) is 0 Å². The van der Waals surface area contributed by atoms with Crippen molar-refractivity contribution in [2.45, 2.75) is 90.5 Å². The van der Waals surface area contributed by atoms with Gasteiger partial charge in [-0.25, -0.2) is 4.39 Å². The molecule has 4 rings (SSSR count). The average Bonchev–Trinajstić information content (AvgIpc) is 3.04. The van der Waals surface area contributed by atoms with E-state index in [0.29, 0.717) is 24.8 Å². The van der Waals surface area contributed by atoms with Gasteiger partial charge in [-0.15, -0.1) is 0 Å². The minimum atomic E-state index is -2.02. The first-order valence-corrected chi connectivity index (χ1v) is 13.0. The average molecular weight is 505 g/mol. The fourth-order valence-electron chi connectivity index (χ4n) is 7.83. The highest BCUT2D eigenvalue weighted by molar-refractivity contribution is 6.01. The predicted octanol–water partition coefficient (Wildman–Crippen LogP) is 3.82. The van der Waals surface area contributed by atoms with Crippen LogP contribution < -0.4 is 0 Å². The Bertz CT molecular complexity index is 1050. The maximum atomic E-state index is 17.8. The van der Waals surface area contributed by atoms with Crippen molar-refractivity contribution in [3.8, 4) is 0 Å². The monoisotopic (exact) mass is 504 g/mol. The molecular weight excluding hydrogens is 467 g/mol. The first-order chi connectivity index (χ1) is 16.8. The zero-order valence-electron chi connectivity index (χ0n) is 21.8. The van der Waals surface area contributed by atoms with Gasteiger partial charge in [-0.3, -0.25) is 19.2 Å². The highest BCUT2D eigenvalue weighted by Crippen LogP contribution is 2.71. The Morgan fingerprint density at radius 3 is 2.44 bits per heavy atom. The lowest BCUT2D eigenvalue weighted by atomic mass is 9.44. The summed E-state index contributed by atoms with van der Waals surface area (Å²) in [5, 5.41) is 12.0. The van der Waals surface area contributed by atoms with Gasteiger partial charge >= 0.3 is 11.9 Å². The second-order valence-electron chi connectivity index (χ2n) is 11.4. The van der Waals surface area contributed by atoms with E-state index >= 15 is 4.39 Å². The van der Waals surface area contributed by atoms with Crippen LogP contribution in [0.15, 0.2) is 23.8 Å². The Kier molecular flexibility index (Phi) is 6.60. The summed E-state index contributed by atoms with van der Waals surface area (Å²) in [4.78, 5) is 49.8. The molecule has 0 amide bonds. The molecule has 0 heterocycles. The van der Waals surface area contributed by atoms with Crippen LogP contribution in [0.3, 0.4) is 0 Å². The number of carbonyl (C=O) groups is 4. The van der Waals surface area contributed by atoms with E-state index in [1.165, 1.54) is 12.2 Å². The molecule has 0 aliphatic heterocycles. The van der Waals surface area contributed by atoms with E-state index < -0.39 is 64.4 Å². The largest absolute Gasteiger partial charge is 0.459 e. The fraction of sp³-hybridized carbons (Fsp3) is 0.714. The summed E-state index contributed by atoms with van der Waals surface area (Å²) < 4.78 is 28.7. The topological polar surface area (TPSA) is 107 Å². The first kappa shape index (κ1) is 26.7. The molecule has 0 aromatic carbocycles. The second kappa shape index (κ2) is 8.89. The third kappa shape index (κ3) is 3.46. The number of hydrogen-bond acceptors (Lipinski definition) is 7. The summed E-state index contributed by atoms with van der Waals surface area (Å²) in [6.07, 6.45) is 4.64. The van der Waals surface area contributed by atoms with Crippen LogP contribution >= 0.6 is 0 Å². The smallest absolute Gasteiger partial charge is 0.305 e. The van der Waals surface area contributed by atoms with Crippen LogP contribution in [0.5, 0.6) is 0 Å². The Balaban J connectivity index is 1.80. The van der Waals surface area contributed by atoms with Crippen LogP contribution in [-0.4, -0.2) is 52.6 Å². The van der Waals surface area contributed by atoms with Crippen molar-refractivity contribution in [3.05, 3.63) is 23.8 Å². The number of ketones is 2. The van der Waals surface area contributed by atoms with Gasteiger partial charge in [-0.05, 0) is 56.6 Å². The maximum absolute atomic E-state index is 17.8. The van der Waals surface area contributed by atoms with Gasteiger partial charge in [0.2, 0.25) is 5.78 Å².